The van der Waals surface area contributed by atoms with Crippen LogP contribution in [0.2, 0.25) is 5.02 Å². The van der Waals surface area contributed by atoms with Gasteiger partial charge in [0.25, 0.3) is 5.91 Å². The zero-order valence-electron chi connectivity index (χ0n) is 22.5. The number of allylic oxidation sites excluding steroid dienone is 1. The fourth-order valence-corrected chi connectivity index (χ4v) is 7.86. The number of nitrogens with two attached hydrogens (primary N) is 1. The molecule has 0 bridgehead atoms. The summed E-state index contributed by atoms with van der Waals surface area (Å²) in [6, 6.07) is 0.452. The van der Waals surface area contributed by atoms with Gasteiger partial charge in [-0.3, -0.25) is 24.2 Å². The minimum absolute atomic E-state index is 0.0291. The number of Topliss-reactive ketones (excluding diaryl/α,β-unsaturated/α-hetero) is 2. The van der Waals surface area contributed by atoms with E-state index in [2.05, 4.69) is 4.90 Å². The number of hydrogen-bond acceptors (Lipinski definition) is 9. The second-order valence-electron chi connectivity index (χ2n) is 12.5. The van der Waals surface area contributed by atoms with Crippen LogP contribution in [0.1, 0.15) is 53.6 Å². The van der Waals surface area contributed by atoms with Crippen LogP contribution in [-0.4, -0.2) is 86.5 Å². The number of piperidine rings is 1. The summed E-state index contributed by atoms with van der Waals surface area (Å²) >= 11 is 6.88. The lowest BCUT2D eigenvalue weighted by Crippen LogP contribution is -2.63. The first-order valence-electron chi connectivity index (χ1n) is 13.7. The Morgan fingerprint density at radius 3 is 2.38 bits per heavy atom. The van der Waals surface area contributed by atoms with Crippen molar-refractivity contribution in [2.45, 2.75) is 56.7 Å². The third kappa shape index (κ3) is 3.76. The Bertz CT molecular complexity index is 1420. The number of nitrogens with zero attached hydrogens (tertiary/aromatic N) is 2. The van der Waals surface area contributed by atoms with Gasteiger partial charge in [-0.05, 0) is 94.2 Å². The Morgan fingerprint density at radius 2 is 1.80 bits per heavy atom. The van der Waals surface area contributed by atoms with Crippen molar-refractivity contribution in [3.63, 3.8) is 0 Å². The number of halogens is 1. The largest absolute Gasteiger partial charge is 0.510 e. The maximum Gasteiger partial charge on any atom is 0.255 e. The van der Waals surface area contributed by atoms with Crippen molar-refractivity contribution in [2.75, 3.05) is 27.2 Å². The first-order chi connectivity index (χ1) is 18.8. The number of likely N-dealkylation sites (N-methyl/N-ethyl adjacent to an activating group) is 1. The highest BCUT2D eigenvalue weighted by Crippen LogP contribution is 2.55. The molecule has 214 valence electrons. The molecule has 40 heavy (non-hydrogen) atoms. The van der Waals surface area contributed by atoms with Gasteiger partial charge < -0.3 is 26.2 Å². The Kier molecular flexibility index (Phi) is 6.16. The molecule has 1 aliphatic heterocycles. The molecule has 10 nitrogen and oxygen atoms in total. The number of primary amides is 1. The Balaban J connectivity index is 1.40. The summed E-state index contributed by atoms with van der Waals surface area (Å²) in [4.78, 5) is 43.1. The lowest BCUT2D eigenvalue weighted by molar-refractivity contribution is -0.148. The van der Waals surface area contributed by atoms with Gasteiger partial charge in [0.1, 0.15) is 22.8 Å². The molecule has 2 fully saturated rings. The standard InChI is InChI=1S/C29H34ClN3O7/c1-32(2)22-16-10-13-9-15-19(17(34)11-14(21(15)30)12-33-7-5-28(3-4-28)6-8-33)23(35)18(13)25(37)29(16,40)26(38)20(24(22)36)27(31)39/h11,13,16,22,34,36-37,40H,3-10,12H2,1-2H3,(H2,31,39)/t13-,16-,22-,29-/m0/s1. The van der Waals surface area contributed by atoms with Crippen LogP contribution in [0.5, 0.6) is 5.75 Å². The molecule has 1 aromatic rings. The minimum Gasteiger partial charge on any atom is -0.510 e. The van der Waals surface area contributed by atoms with Crippen LogP contribution in [0.3, 0.4) is 0 Å². The van der Waals surface area contributed by atoms with Crippen molar-refractivity contribution in [3.8, 4) is 5.75 Å². The van der Waals surface area contributed by atoms with Crippen LogP contribution >= 0.6 is 11.6 Å². The van der Waals surface area contributed by atoms with Crippen LogP contribution in [0.25, 0.3) is 0 Å². The van der Waals surface area contributed by atoms with E-state index < -0.39 is 58.0 Å². The summed E-state index contributed by atoms with van der Waals surface area (Å²) in [6.07, 6.45) is 5.08. The lowest BCUT2D eigenvalue weighted by atomic mass is 9.58. The lowest BCUT2D eigenvalue weighted by Gasteiger charge is -2.50. The third-order valence-corrected chi connectivity index (χ3v) is 10.5. The summed E-state index contributed by atoms with van der Waals surface area (Å²) in [6.45, 7) is 2.43. The highest BCUT2D eigenvalue weighted by molar-refractivity contribution is 6.33. The predicted octanol–water partition coefficient (Wildman–Crippen LogP) is 2.15. The van der Waals surface area contributed by atoms with Crippen LogP contribution in [-0.2, 0) is 22.6 Å². The Morgan fingerprint density at radius 1 is 1.15 bits per heavy atom. The number of amides is 1. The molecule has 1 saturated heterocycles. The number of rotatable bonds is 4. The summed E-state index contributed by atoms with van der Waals surface area (Å²) in [5, 5.41) is 45.3. The molecule has 1 saturated carbocycles. The maximum absolute atomic E-state index is 13.8. The van der Waals surface area contributed by atoms with E-state index in [4.69, 9.17) is 17.3 Å². The van der Waals surface area contributed by atoms with Crippen LogP contribution in [0.4, 0.5) is 0 Å². The first kappa shape index (κ1) is 27.3. The SMILES string of the molecule is CN(C)[C@@H]1C(O)=C(C(N)=O)C(=O)[C@@]2(O)C(O)=C3C(=O)c4c(O)cc(CN5CCC6(CC5)CC6)c(Cl)c4C[C@H]3C[C@@H]12. The van der Waals surface area contributed by atoms with E-state index in [1.807, 2.05) is 0 Å². The highest BCUT2D eigenvalue weighted by atomic mass is 35.5. The number of phenolic OH excluding ortho intramolecular Hbond substituents is 1. The number of ketones is 2. The van der Waals surface area contributed by atoms with E-state index in [0.717, 1.165) is 25.9 Å². The predicted molar refractivity (Wildman–Crippen MR) is 145 cm³/mol. The molecule has 0 radical (unpaired) electrons. The second-order valence-corrected chi connectivity index (χ2v) is 12.8. The topological polar surface area (TPSA) is 165 Å². The van der Waals surface area contributed by atoms with Gasteiger partial charge in [0.15, 0.2) is 11.4 Å². The van der Waals surface area contributed by atoms with Gasteiger partial charge in [0, 0.05) is 23.1 Å². The molecule has 6 N–H and O–H groups in total. The van der Waals surface area contributed by atoms with E-state index >= 15 is 0 Å². The van der Waals surface area contributed by atoms with Gasteiger partial charge in [-0.1, -0.05) is 11.6 Å². The average Bonchev–Trinajstić information content (AvgIpc) is 3.64. The van der Waals surface area contributed by atoms with E-state index in [-0.39, 0.29) is 29.7 Å². The number of benzene rings is 1. The van der Waals surface area contributed by atoms with E-state index in [1.54, 1.807) is 14.1 Å². The summed E-state index contributed by atoms with van der Waals surface area (Å²) in [5.74, 6) is -6.71. The molecule has 6 rings (SSSR count). The number of aromatic hydroxyl groups is 1. The number of aliphatic hydroxyl groups is 3. The Hall–Kier alpha value is -2.92. The molecule has 1 amide bonds. The molecule has 1 aromatic carbocycles. The van der Waals surface area contributed by atoms with Crippen LogP contribution < -0.4 is 5.73 Å². The van der Waals surface area contributed by atoms with Gasteiger partial charge in [0.2, 0.25) is 5.78 Å². The number of aliphatic hydroxyl groups excluding tert-OH is 2. The molecular formula is C29H34ClN3O7. The number of carbonyl (C=O) groups is 3. The molecule has 1 spiro atoms. The van der Waals surface area contributed by atoms with Crippen LogP contribution in [0.15, 0.2) is 28.7 Å². The number of fused-ring (bicyclic) bond motifs is 3. The van der Waals surface area contributed by atoms with Crippen molar-refractivity contribution in [1.82, 2.24) is 9.80 Å². The average molecular weight is 572 g/mol. The quantitative estimate of drug-likeness (QED) is 0.340. The van der Waals surface area contributed by atoms with Crippen LogP contribution in [0, 0.1) is 17.3 Å². The van der Waals surface area contributed by atoms with Crippen molar-refractivity contribution >= 4 is 29.1 Å². The van der Waals surface area contributed by atoms with Gasteiger partial charge in [-0.2, -0.15) is 0 Å². The normalized spacial score (nSPS) is 31.4. The number of carbonyl (C=O) groups excluding carboxylic acids is 3. The second kappa shape index (κ2) is 9.04. The highest BCUT2D eigenvalue weighted by Gasteiger charge is 2.63. The summed E-state index contributed by atoms with van der Waals surface area (Å²) in [5.41, 5.74) is 3.33. The third-order valence-electron chi connectivity index (χ3n) is 10.00. The van der Waals surface area contributed by atoms with Gasteiger partial charge >= 0.3 is 0 Å². The zero-order chi connectivity index (χ0) is 28.9. The summed E-state index contributed by atoms with van der Waals surface area (Å²) in [7, 11) is 3.19. The molecule has 4 aliphatic carbocycles. The zero-order valence-corrected chi connectivity index (χ0v) is 23.3. The van der Waals surface area contributed by atoms with Crippen molar-refractivity contribution in [2.24, 2.45) is 23.0 Å². The fourth-order valence-electron chi connectivity index (χ4n) is 7.57. The van der Waals surface area contributed by atoms with Gasteiger partial charge in [-0.25, -0.2) is 0 Å². The summed E-state index contributed by atoms with van der Waals surface area (Å²) < 4.78 is 0. The maximum atomic E-state index is 13.8. The van der Waals surface area contributed by atoms with Gasteiger partial charge in [-0.15, -0.1) is 0 Å². The molecule has 4 atom stereocenters. The number of likely N-dealkylation sites (tertiary alicyclic amines) is 1. The van der Waals surface area contributed by atoms with E-state index in [9.17, 15) is 34.8 Å². The van der Waals surface area contributed by atoms with E-state index in [0.29, 0.717) is 28.1 Å². The van der Waals surface area contributed by atoms with E-state index in [1.165, 1.54) is 23.8 Å². The first-order valence-corrected chi connectivity index (χ1v) is 14.1. The monoisotopic (exact) mass is 571 g/mol. The van der Waals surface area contributed by atoms with Gasteiger partial charge in [0.05, 0.1) is 11.6 Å². The molecular weight excluding hydrogens is 538 g/mol. The smallest absolute Gasteiger partial charge is 0.255 e. The fraction of sp³-hybridized carbons (Fsp3) is 0.552. The minimum atomic E-state index is -2.66. The molecule has 5 aliphatic rings. The number of phenols is 1. The Labute approximate surface area is 236 Å². The van der Waals surface area contributed by atoms with Crippen molar-refractivity contribution in [1.29, 1.82) is 0 Å². The number of hydrogen-bond donors (Lipinski definition) is 5. The van der Waals surface area contributed by atoms with Crippen molar-refractivity contribution in [3.05, 3.63) is 50.4 Å². The molecule has 11 heteroatoms. The molecule has 0 aromatic heterocycles. The molecule has 1 heterocycles. The molecule has 0 unspecified atom stereocenters. The van der Waals surface area contributed by atoms with Crippen molar-refractivity contribution < 1.29 is 34.8 Å².